The Bertz CT molecular complexity index is 665. The number of nitrogens with zero attached hydrogens (tertiary/aromatic N) is 2. The lowest BCUT2D eigenvalue weighted by Gasteiger charge is -2.23. The van der Waals surface area contributed by atoms with Crippen molar-refractivity contribution in [3.63, 3.8) is 0 Å². The fraction of sp³-hybridized carbons (Fsp3) is 0.412. The van der Waals surface area contributed by atoms with Crippen LogP contribution in [-0.2, 0) is 17.6 Å². The standard InChI is InChI=1S/C17H20FN3OS/c1-21(15-6-7-19-10-15)17(22)9-14-11-23-16(20-14)8-12-2-4-13(18)5-3-12/h2-5,11,15,19H,6-10H2,1H3. The molecule has 122 valence electrons. The lowest BCUT2D eigenvalue weighted by Crippen LogP contribution is -2.39. The van der Waals surface area contributed by atoms with Gasteiger partial charge in [0.15, 0.2) is 0 Å². The summed E-state index contributed by atoms with van der Waals surface area (Å²) in [4.78, 5) is 18.7. The van der Waals surface area contributed by atoms with Crippen molar-refractivity contribution >= 4 is 17.2 Å². The van der Waals surface area contributed by atoms with Crippen molar-refractivity contribution in [3.05, 3.63) is 51.7 Å². The number of nitrogens with one attached hydrogen (secondary N) is 1. The molecule has 23 heavy (non-hydrogen) atoms. The molecule has 0 saturated carbocycles. The van der Waals surface area contributed by atoms with Crippen molar-refractivity contribution < 1.29 is 9.18 Å². The number of thiazole rings is 1. The molecule has 0 radical (unpaired) electrons. The van der Waals surface area contributed by atoms with Crippen LogP contribution in [-0.4, -0.2) is 42.0 Å². The number of rotatable bonds is 5. The summed E-state index contributed by atoms with van der Waals surface area (Å²) in [5.41, 5.74) is 1.84. The van der Waals surface area contributed by atoms with Gasteiger partial charge in [0.2, 0.25) is 5.91 Å². The Kier molecular flexibility index (Phi) is 5.03. The molecule has 6 heteroatoms. The monoisotopic (exact) mass is 333 g/mol. The number of aromatic nitrogens is 1. The molecule has 1 aliphatic rings. The number of likely N-dealkylation sites (N-methyl/N-ethyl adjacent to an activating group) is 1. The predicted octanol–water partition coefficient (Wildman–Crippen LogP) is 2.24. The van der Waals surface area contributed by atoms with Crippen LogP contribution < -0.4 is 5.32 Å². The van der Waals surface area contributed by atoms with Crippen molar-refractivity contribution in [1.29, 1.82) is 0 Å². The van der Waals surface area contributed by atoms with E-state index in [0.29, 0.717) is 18.9 Å². The molecule has 0 aliphatic carbocycles. The average Bonchev–Trinajstić information content (AvgIpc) is 3.21. The molecule has 1 unspecified atom stereocenters. The normalized spacial score (nSPS) is 17.4. The van der Waals surface area contributed by atoms with E-state index in [1.54, 1.807) is 23.5 Å². The maximum absolute atomic E-state index is 12.9. The number of hydrogen-bond donors (Lipinski definition) is 1. The smallest absolute Gasteiger partial charge is 0.228 e. The summed E-state index contributed by atoms with van der Waals surface area (Å²) >= 11 is 1.55. The van der Waals surface area contributed by atoms with Gasteiger partial charge in [-0.05, 0) is 30.7 Å². The molecule has 1 saturated heterocycles. The predicted molar refractivity (Wildman–Crippen MR) is 89.1 cm³/mol. The van der Waals surface area contributed by atoms with Crippen molar-refractivity contribution in [3.8, 4) is 0 Å². The van der Waals surface area contributed by atoms with E-state index in [4.69, 9.17) is 0 Å². The molecular formula is C17H20FN3OS. The van der Waals surface area contributed by atoms with Gasteiger partial charge in [-0.3, -0.25) is 4.79 Å². The van der Waals surface area contributed by atoms with Gasteiger partial charge in [0.05, 0.1) is 17.1 Å². The summed E-state index contributed by atoms with van der Waals surface area (Å²) in [5.74, 6) is -0.124. The van der Waals surface area contributed by atoms with Crippen molar-refractivity contribution in [2.75, 3.05) is 20.1 Å². The summed E-state index contributed by atoms with van der Waals surface area (Å²) < 4.78 is 12.9. The summed E-state index contributed by atoms with van der Waals surface area (Å²) in [6.07, 6.45) is 2.02. The molecule has 1 atom stereocenters. The molecule has 0 bridgehead atoms. The Morgan fingerprint density at radius 1 is 1.43 bits per heavy atom. The molecule has 1 aliphatic heterocycles. The van der Waals surface area contributed by atoms with E-state index in [0.717, 1.165) is 35.8 Å². The zero-order valence-corrected chi connectivity index (χ0v) is 13.9. The minimum atomic E-state index is -0.233. The zero-order chi connectivity index (χ0) is 16.2. The van der Waals surface area contributed by atoms with E-state index in [1.165, 1.54) is 12.1 Å². The Balaban J connectivity index is 1.58. The Morgan fingerprint density at radius 2 is 2.22 bits per heavy atom. The van der Waals surface area contributed by atoms with Crippen LogP contribution in [0, 0.1) is 5.82 Å². The maximum atomic E-state index is 12.9. The number of benzene rings is 1. The molecular weight excluding hydrogens is 313 g/mol. The third-order valence-corrected chi connectivity index (χ3v) is 5.07. The fourth-order valence-electron chi connectivity index (χ4n) is 2.74. The summed E-state index contributed by atoms with van der Waals surface area (Å²) in [7, 11) is 1.87. The van der Waals surface area contributed by atoms with Crippen LogP contribution in [0.25, 0.3) is 0 Å². The molecule has 4 nitrogen and oxygen atoms in total. The second-order valence-electron chi connectivity index (χ2n) is 5.86. The first kappa shape index (κ1) is 16.1. The van der Waals surface area contributed by atoms with Crippen LogP contribution in [0.2, 0.25) is 0 Å². The molecule has 3 rings (SSSR count). The number of amides is 1. The minimum absolute atomic E-state index is 0.109. The average molecular weight is 333 g/mol. The van der Waals surface area contributed by atoms with Gasteiger partial charge in [-0.2, -0.15) is 0 Å². The fourth-order valence-corrected chi connectivity index (χ4v) is 3.57. The van der Waals surface area contributed by atoms with Crippen LogP contribution in [0.15, 0.2) is 29.6 Å². The molecule has 1 amide bonds. The highest BCUT2D eigenvalue weighted by atomic mass is 32.1. The van der Waals surface area contributed by atoms with E-state index in [2.05, 4.69) is 10.3 Å². The van der Waals surface area contributed by atoms with Crippen LogP contribution in [0.3, 0.4) is 0 Å². The number of hydrogen-bond acceptors (Lipinski definition) is 4. The van der Waals surface area contributed by atoms with Gasteiger partial charge in [-0.1, -0.05) is 12.1 Å². The van der Waals surface area contributed by atoms with Gasteiger partial charge in [0.1, 0.15) is 5.82 Å². The largest absolute Gasteiger partial charge is 0.341 e. The molecule has 0 spiro atoms. The highest BCUT2D eigenvalue weighted by Crippen LogP contribution is 2.17. The highest BCUT2D eigenvalue weighted by molar-refractivity contribution is 7.09. The minimum Gasteiger partial charge on any atom is -0.341 e. The number of carbonyl (C=O) groups is 1. The van der Waals surface area contributed by atoms with E-state index < -0.39 is 0 Å². The summed E-state index contributed by atoms with van der Waals surface area (Å²) in [5, 5.41) is 6.16. The first-order chi connectivity index (χ1) is 11.1. The van der Waals surface area contributed by atoms with Gasteiger partial charge in [-0.15, -0.1) is 11.3 Å². The van der Waals surface area contributed by atoms with Crippen molar-refractivity contribution in [2.24, 2.45) is 0 Å². The van der Waals surface area contributed by atoms with Crippen LogP contribution in [0.4, 0.5) is 4.39 Å². The van der Waals surface area contributed by atoms with Gasteiger partial charge in [-0.25, -0.2) is 9.37 Å². The highest BCUT2D eigenvalue weighted by Gasteiger charge is 2.23. The molecule has 1 N–H and O–H groups in total. The molecule has 1 fully saturated rings. The quantitative estimate of drug-likeness (QED) is 0.913. The topological polar surface area (TPSA) is 45.2 Å². The van der Waals surface area contributed by atoms with Crippen LogP contribution >= 0.6 is 11.3 Å². The second kappa shape index (κ2) is 7.19. The Hall–Kier alpha value is -1.79. The van der Waals surface area contributed by atoms with E-state index in [-0.39, 0.29) is 11.7 Å². The van der Waals surface area contributed by atoms with Gasteiger partial charge in [0, 0.05) is 31.4 Å². The Labute approximate surface area is 139 Å². The zero-order valence-electron chi connectivity index (χ0n) is 13.1. The lowest BCUT2D eigenvalue weighted by molar-refractivity contribution is -0.130. The summed E-state index contributed by atoms with van der Waals surface area (Å²) in [6, 6.07) is 6.74. The Morgan fingerprint density at radius 3 is 2.91 bits per heavy atom. The molecule has 2 aromatic rings. The van der Waals surface area contributed by atoms with Crippen LogP contribution in [0.1, 0.15) is 22.7 Å². The van der Waals surface area contributed by atoms with Crippen LogP contribution in [0.5, 0.6) is 0 Å². The summed E-state index contributed by atoms with van der Waals surface area (Å²) in [6.45, 7) is 1.84. The van der Waals surface area contributed by atoms with Crippen molar-refractivity contribution in [2.45, 2.75) is 25.3 Å². The van der Waals surface area contributed by atoms with Crippen molar-refractivity contribution in [1.82, 2.24) is 15.2 Å². The molecule has 2 heterocycles. The van der Waals surface area contributed by atoms with Gasteiger partial charge >= 0.3 is 0 Å². The molecule has 1 aromatic carbocycles. The molecule has 1 aromatic heterocycles. The lowest BCUT2D eigenvalue weighted by atomic mass is 10.1. The second-order valence-corrected chi connectivity index (χ2v) is 6.81. The first-order valence-electron chi connectivity index (χ1n) is 7.76. The van der Waals surface area contributed by atoms with E-state index in [1.807, 2.05) is 17.3 Å². The number of halogens is 1. The number of carbonyl (C=O) groups excluding carboxylic acids is 1. The SMILES string of the molecule is CN(C(=O)Cc1csc(Cc2ccc(F)cc2)n1)C1CCNC1. The third kappa shape index (κ3) is 4.14. The third-order valence-electron chi connectivity index (χ3n) is 4.18. The first-order valence-corrected chi connectivity index (χ1v) is 8.64. The van der Waals surface area contributed by atoms with E-state index in [9.17, 15) is 9.18 Å². The van der Waals surface area contributed by atoms with Gasteiger partial charge < -0.3 is 10.2 Å². The van der Waals surface area contributed by atoms with Gasteiger partial charge in [0.25, 0.3) is 0 Å². The maximum Gasteiger partial charge on any atom is 0.228 e. The van der Waals surface area contributed by atoms with E-state index >= 15 is 0 Å².